The van der Waals surface area contributed by atoms with Gasteiger partial charge in [-0.05, 0) is 25.1 Å². The van der Waals surface area contributed by atoms with E-state index in [0.29, 0.717) is 22.0 Å². The molecule has 0 heterocycles. The number of ether oxygens (including phenoxy) is 1. The molecule has 0 aromatic heterocycles. The third-order valence-electron chi connectivity index (χ3n) is 2.82. The van der Waals surface area contributed by atoms with E-state index in [-0.39, 0.29) is 6.61 Å². The molecule has 0 saturated heterocycles. The van der Waals surface area contributed by atoms with Crippen molar-refractivity contribution in [1.29, 1.82) is 0 Å². The summed E-state index contributed by atoms with van der Waals surface area (Å²) in [6, 6.07) is 11.3. The molecule has 2 rings (SSSR count). The van der Waals surface area contributed by atoms with Crippen molar-refractivity contribution in [2.75, 3.05) is 0 Å². The lowest BCUT2D eigenvalue weighted by atomic mass is 10.1. The number of rotatable bonds is 4. The van der Waals surface area contributed by atoms with E-state index >= 15 is 0 Å². The highest BCUT2D eigenvalue weighted by atomic mass is 35.5. The van der Waals surface area contributed by atoms with Crippen molar-refractivity contribution in [2.45, 2.75) is 13.5 Å². The van der Waals surface area contributed by atoms with Gasteiger partial charge in [-0.2, -0.15) is 0 Å². The zero-order valence-electron chi connectivity index (χ0n) is 10.8. The molecule has 2 aromatic carbocycles. The van der Waals surface area contributed by atoms with Crippen LogP contribution in [0.1, 0.15) is 18.1 Å². The summed E-state index contributed by atoms with van der Waals surface area (Å²) < 4.78 is 18.9. The van der Waals surface area contributed by atoms with Crippen LogP contribution in [0.2, 0.25) is 5.02 Å². The van der Waals surface area contributed by atoms with E-state index in [4.69, 9.17) is 21.5 Å². The molecule has 20 heavy (non-hydrogen) atoms. The molecule has 0 atom stereocenters. The Hall–Kier alpha value is -2.07. The topological polar surface area (TPSA) is 41.8 Å². The molecular formula is C15H13ClFNO2. The molecule has 2 aromatic rings. The van der Waals surface area contributed by atoms with E-state index in [2.05, 4.69) is 5.16 Å². The second-order valence-corrected chi connectivity index (χ2v) is 4.61. The largest absolute Gasteiger partial charge is 0.488 e. The number of oxime groups is 1. The Morgan fingerprint density at radius 3 is 2.75 bits per heavy atom. The summed E-state index contributed by atoms with van der Waals surface area (Å²) in [5.74, 6) is -0.117. The maximum atomic E-state index is 13.3. The lowest BCUT2D eigenvalue weighted by Gasteiger charge is -2.11. The van der Waals surface area contributed by atoms with E-state index in [1.165, 1.54) is 18.2 Å². The number of hydrogen-bond acceptors (Lipinski definition) is 3. The monoisotopic (exact) mass is 293 g/mol. The molecule has 3 nitrogen and oxygen atoms in total. The van der Waals surface area contributed by atoms with Gasteiger partial charge in [0.05, 0.1) is 5.71 Å². The Morgan fingerprint density at radius 2 is 2.05 bits per heavy atom. The van der Waals surface area contributed by atoms with Gasteiger partial charge in [-0.1, -0.05) is 35.0 Å². The predicted molar refractivity (Wildman–Crippen MR) is 76.2 cm³/mol. The Morgan fingerprint density at radius 1 is 1.30 bits per heavy atom. The van der Waals surface area contributed by atoms with Crippen LogP contribution in [0.25, 0.3) is 0 Å². The highest BCUT2D eigenvalue weighted by Gasteiger charge is 2.10. The summed E-state index contributed by atoms with van der Waals surface area (Å²) in [6.07, 6.45) is 0. The standard InChI is InChI=1S/C15H13ClFNO2/c1-10(18-19)13-7-6-12(17)8-15(13)20-9-11-4-2-3-5-14(11)16/h2-8,19H,9H2,1H3. The average molecular weight is 294 g/mol. The third-order valence-corrected chi connectivity index (χ3v) is 3.19. The van der Waals surface area contributed by atoms with E-state index in [9.17, 15) is 4.39 Å². The van der Waals surface area contributed by atoms with Crippen LogP contribution in [-0.2, 0) is 6.61 Å². The van der Waals surface area contributed by atoms with Gasteiger partial charge in [0.2, 0.25) is 0 Å². The Labute approximate surface area is 121 Å². The molecule has 0 aliphatic rings. The highest BCUT2D eigenvalue weighted by Crippen LogP contribution is 2.23. The fraction of sp³-hybridized carbons (Fsp3) is 0.133. The molecule has 0 radical (unpaired) electrons. The maximum absolute atomic E-state index is 13.3. The highest BCUT2D eigenvalue weighted by molar-refractivity contribution is 6.31. The third kappa shape index (κ3) is 3.27. The normalized spacial score (nSPS) is 11.4. The summed E-state index contributed by atoms with van der Waals surface area (Å²) in [5.41, 5.74) is 1.67. The van der Waals surface area contributed by atoms with Crippen LogP contribution >= 0.6 is 11.6 Å². The van der Waals surface area contributed by atoms with E-state index in [0.717, 1.165) is 5.56 Å². The van der Waals surface area contributed by atoms with Crippen LogP contribution in [-0.4, -0.2) is 10.9 Å². The minimum Gasteiger partial charge on any atom is -0.488 e. The molecule has 0 amide bonds. The van der Waals surface area contributed by atoms with Gasteiger partial charge >= 0.3 is 0 Å². The molecule has 1 N–H and O–H groups in total. The van der Waals surface area contributed by atoms with Crippen LogP contribution in [0, 0.1) is 5.82 Å². The van der Waals surface area contributed by atoms with Crippen molar-refractivity contribution in [1.82, 2.24) is 0 Å². The van der Waals surface area contributed by atoms with Gasteiger partial charge in [-0.15, -0.1) is 0 Å². The first-order valence-corrected chi connectivity index (χ1v) is 6.34. The van der Waals surface area contributed by atoms with Crippen LogP contribution in [0.3, 0.4) is 0 Å². The fourth-order valence-corrected chi connectivity index (χ4v) is 1.93. The molecular weight excluding hydrogens is 281 g/mol. The number of benzene rings is 2. The summed E-state index contributed by atoms with van der Waals surface area (Å²) in [5, 5.41) is 12.5. The predicted octanol–water partition coefficient (Wildman–Crippen LogP) is 4.26. The zero-order valence-corrected chi connectivity index (χ0v) is 11.6. The summed E-state index contributed by atoms with van der Waals surface area (Å²) >= 11 is 6.03. The van der Waals surface area contributed by atoms with Crippen molar-refractivity contribution in [3.63, 3.8) is 0 Å². The van der Waals surface area contributed by atoms with Gasteiger partial charge in [0.1, 0.15) is 18.2 Å². The summed E-state index contributed by atoms with van der Waals surface area (Å²) in [4.78, 5) is 0. The summed E-state index contributed by atoms with van der Waals surface area (Å²) in [6.45, 7) is 1.81. The average Bonchev–Trinajstić information content (AvgIpc) is 2.46. The smallest absolute Gasteiger partial charge is 0.131 e. The van der Waals surface area contributed by atoms with Gasteiger partial charge in [0.15, 0.2) is 0 Å². The molecule has 0 bridgehead atoms. The van der Waals surface area contributed by atoms with E-state index < -0.39 is 5.82 Å². The SMILES string of the molecule is CC(=NO)c1ccc(F)cc1OCc1ccccc1Cl. The van der Waals surface area contributed by atoms with Crippen LogP contribution in [0.15, 0.2) is 47.6 Å². The van der Waals surface area contributed by atoms with Crippen LogP contribution in [0.4, 0.5) is 4.39 Å². The second-order valence-electron chi connectivity index (χ2n) is 4.21. The van der Waals surface area contributed by atoms with Crippen molar-refractivity contribution in [3.8, 4) is 5.75 Å². The van der Waals surface area contributed by atoms with Crippen LogP contribution in [0.5, 0.6) is 5.75 Å². The molecule has 0 saturated carbocycles. The van der Waals surface area contributed by atoms with Gasteiger partial charge in [0, 0.05) is 22.2 Å². The molecule has 0 aliphatic carbocycles. The number of hydrogen-bond donors (Lipinski definition) is 1. The zero-order chi connectivity index (χ0) is 14.5. The maximum Gasteiger partial charge on any atom is 0.131 e. The molecule has 0 unspecified atom stereocenters. The lowest BCUT2D eigenvalue weighted by Crippen LogP contribution is -2.03. The quantitative estimate of drug-likeness (QED) is 0.520. The van der Waals surface area contributed by atoms with Gasteiger partial charge in [-0.3, -0.25) is 0 Å². The number of halogens is 2. The minimum atomic E-state index is -0.423. The van der Waals surface area contributed by atoms with E-state index in [1.54, 1.807) is 13.0 Å². The van der Waals surface area contributed by atoms with Gasteiger partial charge in [-0.25, -0.2) is 4.39 Å². The summed E-state index contributed by atoms with van der Waals surface area (Å²) in [7, 11) is 0. The molecule has 104 valence electrons. The minimum absolute atomic E-state index is 0.203. The molecule has 0 spiro atoms. The van der Waals surface area contributed by atoms with Crippen LogP contribution < -0.4 is 4.74 Å². The van der Waals surface area contributed by atoms with E-state index in [1.807, 2.05) is 18.2 Å². The first-order valence-electron chi connectivity index (χ1n) is 5.96. The Kier molecular flexibility index (Phi) is 4.58. The second kappa shape index (κ2) is 6.39. The van der Waals surface area contributed by atoms with Crippen molar-refractivity contribution in [2.24, 2.45) is 5.16 Å². The Bertz CT molecular complexity index is 644. The molecule has 5 heteroatoms. The Balaban J connectivity index is 2.25. The lowest BCUT2D eigenvalue weighted by molar-refractivity contribution is 0.302. The van der Waals surface area contributed by atoms with Gasteiger partial charge < -0.3 is 9.94 Å². The fourth-order valence-electron chi connectivity index (χ4n) is 1.74. The van der Waals surface area contributed by atoms with Gasteiger partial charge in [0.25, 0.3) is 0 Å². The first-order chi connectivity index (χ1) is 9.61. The van der Waals surface area contributed by atoms with Crippen molar-refractivity contribution in [3.05, 3.63) is 64.4 Å². The first kappa shape index (κ1) is 14.3. The molecule has 0 fully saturated rings. The number of nitrogens with zero attached hydrogens (tertiary/aromatic N) is 1. The molecule has 0 aliphatic heterocycles. The van der Waals surface area contributed by atoms with Crippen molar-refractivity contribution < 1.29 is 14.3 Å². The van der Waals surface area contributed by atoms with Crippen molar-refractivity contribution >= 4 is 17.3 Å².